The van der Waals surface area contributed by atoms with Crippen molar-refractivity contribution in [2.75, 3.05) is 0 Å². The van der Waals surface area contributed by atoms with Crippen LogP contribution in [0.5, 0.6) is 0 Å². The van der Waals surface area contributed by atoms with Crippen LogP contribution in [0.25, 0.3) is 0 Å². The van der Waals surface area contributed by atoms with Crippen LogP contribution >= 0.6 is 34.2 Å². The Labute approximate surface area is 134 Å². The van der Waals surface area contributed by atoms with Crippen molar-refractivity contribution in [2.24, 2.45) is 0 Å². The van der Waals surface area contributed by atoms with E-state index >= 15 is 0 Å². The van der Waals surface area contributed by atoms with Crippen LogP contribution in [0.1, 0.15) is 21.5 Å². The summed E-state index contributed by atoms with van der Waals surface area (Å²) in [6, 6.07) is 8.67. The van der Waals surface area contributed by atoms with Gasteiger partial charge in [0.2, 0.25) is 0 Å². The number of ether oxygens (including phenoxy) is 1. The summed E-state index contributed by atoms with van der Waals surface area (Å²) in [5.74, 6) is -0.443. The van der Waals surface area contributed by atoms with E-state index in [4.69, 9.17) is 16.3 Å². The van der Waals surface area contributed by atoms with Gasteiger partial charge in [0.25, 0.3) is 5.56 Å². The van der Waals surface area contributed by atoms with Gasteiger partial charge in [-0.1, -0.05) is 52.4 Å². The number of benzene rings is 1. The number of halogens is 2. The van der Waals surface area contributed by atoms with Gasteiger partial charge in [-0.25, -0.2) is 4.79 Å². The lowest BCUT2D eigenvalue weighted by Gasteiger charge is -2.09. The second-order valence-corrected chi connectivity index (χ2v) is 5.17. The predicted molar refractivity (Wildman–Crippen MR) is 85.4 cm³/mol. The average Bonchev–Trinajstić information content (AvgIpc) is 2.48. The summed E-state index contributed by atoms with van der Waals surface area (Å²) < 4.78 is 5.70. The maximum absolute atomic E-state index is 11.9. The lowest BCUT2D eigenvalue weighted by atomic mass is 10.1. The largest absolute Gasteiger partial charge is 0.457 e. The summed E-state index contributed by atoms with van der Waals surface area (Å²) in [5.41, 5.74) is 1.33. The topological polar surface area (TPSA) is 59.2 Å². The minimum Gasteiger partial charge on any atom is -0.457 e. The molecule has 0 amide bonds. The van der Waals surface area contributed by atoms with Crippen LogP contribution in [-0.2, 0) is 15.8 Å². The Morgan fingerprint density at radius 1 is 1.25 bits per heavy atom. The number of carbonyl (C=O) groups is 1. The maximum atomic E-state index is 11.9. The molecular weight excluding hydrogens is 393 g/mol. The van der Waals surface area contributed by atoms with E-state index in [1.54, 1.807) is 24.3 Å². The first-order valence-corrected chi connectivity index (χ1v) is 7.71. The second-order valence-electron chi connectivity index (χ2n) is 4.00. The molecule has 0 saturated heterocycles. The lowest BCUT2D eigenvalue weighted by Crippen LogP contribution is -2.16. The number of carbonyl (C=O) groups excluding carboxylic acids is 1. The van der Waals surface area contributed by atoms with E-state index in [2.05, 4.69) is 27.6 Å². The third kappa shape index (κ3) is 3.40. The van der Waals surface area contributed by atoms with E-state index in [0.717, 1.165) is 0 Å². The molecule has 0 aliphatic rings. The minimum atomic E-state index is -0.443. The molecule has 1 aromatic carbocycles. The molecule has 0 fully saturated rings. The van der Waals surface area contributed by atoms with Crippen molar-refractivity contribution < 1.29 is 9.53 Å². The molecule has 0 radical (unpaired) electrons. The van der Waals surface area contributed by atoms with Crippen molar-refractivity contribution in [1.29, 1.82) is 0 Å². The van der Waals surface area contributed by atoms with Gasteiger partial charge < -0.3 is 9.72 Å². The summed E-state index contributed by atoms with van der Waals surface area (Å²) >= 11 is 8.12. The standard InChI is InChI=1S/C14H11ClINO3/c15-12-7-17-13(18)10(6-16)11(12)8-20-14(19)9-4-2-1-3-5-9/h1-5,7H,6,8H2,(H,17,18). The predicted octanol–water partition coefficient (Wildman–Crippen LogP) is 3.32. The fourth-order valence-corrected chi connectivity index (χ4v) is 2.71. The molecule has 1 heterocycles. The molecule has 2 aromatic rings. The first-order chi connectivity index (χ1) is 9.63. The molecule has 1 N–H and O–H groups in total. The van der Waals surface area contributed by atoms with Gasteiger partial charge in [-0.05, 0) is 12.1 Å². The number of pyridine rings is 1. The smallest absolute Gasteiger partial charge is 0.338 e. The molecule has 4 nitrogen and oxygen atoms in total. The van der Waals surface area contributed by atoms with E-state index in [-0.39, 0.29) is 12.2 Å². The highest BCUT2D eigenvalue weighted by Crippen LogP contribution is 2.20. The number of hydrogen-bond acceptors (Lipinski definition) is 3. The van der Waals surface area contributed by atoms with Crippen molar-refractivity contribution in [3.05, 3.63) is 68.6 Å². The third-order valence-corrected chi connectivity index (χ3v) is 3.85. The fourth-order valence-electron chi connectivity index (χ4n) is 1.68. The number of aromatic nitrogens is 1. The number of alkyl halides is 1. The van der Waals surface area contributed by atoms with E-state index in [1.165, 1.54) is 6.20 Å². The van der Waals surface area contributed by atoms with Gasteiger partial charge >= 0.3 is 5.97 Å². The zero-order valence-electron chi connectivity index (χ0n) is 10.4. The number of esters is 1. The molecule has 20 heavy (non-hydrogen) atoms. The van der Waals surface area contributed by atoms with Crippen molar-refractivity contribution in [3.63, 3.8) is 0 Å². The van der Waals surface area contributed by atoms with Gasteiger partial charge in [0, 0.05) is 21.8 Å². The van der Waals surface area contributed by atoms with Crippen molar-refractivity contribution in [3.8, 4) is 0 Å². The van der Waals surface area contributed by atoms with Crippen molar-refractivity contribution in [2.45, 2.75) is 11.0 Å². The molecule has 104 valence electrons. The molecule has 6 heteroatoms. The second kappa shape index (κ2) is 6.90. The van der Waals surface area contributed by atoms with Crippen LogP contribution < -0.4 is 5.56 Å². The molecule has 0 spiro atoms. The fraction of sp³-hybridized carbons (Fsp3) is 0.143. The van der Waals surface area contributed by atoms with E-state index in [1.807, 2.05) is 6.07 Å². The molecule has 0 bridgehead atoms. The Bertz CT molecular complexity index is 670. The van der Waals surface area contributed by atoms with Crippen LogP contribution in [0.4, 0.5) is 0 Å². The highest BCUT2D eigenvalue weighted by atomic mass is 127. The zero-order chi connectivity index (χ0) is 14.5. The highest BCUT2D eigenvalue weighted by Gasteiger charge is 2.13. The van der Waals surface area contributed by atoms with Crippen LogP contribution in [0.3, 0.4) is 0 Å². The van der Waals surface area contributed by atoms with Crippen LogP contribution in [-0.4, -0.2) is 11.0 Å². The number of nitrogens with one attached hydrogen (secondary N) is 1. The minimum absolute atomic E-state index is 0.0190. The Kier molecular flexibility index (Phi) is 5.19. The molecule has 2 rings (SSSR count). The molecular formula is C14H11ClINO3. The Hall–Kier alpha value is -1.34. The first-order valence-electron chi connectivity index (χ1n) is 5.80. The number of rotatable bonds is 4. The van der Waals surface area contributed by atoms with Gasteiger partial charge in [0.15, 0.2) is 0 Å². The lowest BCUT2D eigenvalue weighted by molar-refractivity contribution is 0.0472. The van der Waals surface area contributed by atoms with Gasteiger partial charge in [0.05, 0.1) is 10.6 Å². The zero-order valence-corrected chi connectivity index (χ0v) is 13.3. The monoisotopic (exact) mass is 403 g/mol. The first kappa shape index (κ1) is 15.1. The van der Waals surface area contributed by atoms with Crippen LogP contribution in [0, 0.1) is 0 Å². The molecule has 0 saturated carbocycles. The summed E-state index contributed by atoms with van der Waals surface area (Å²) in [7, 11) is 0. The van der Waals surface area contributed by atoms with Gasteiger partial charge in [-0.15, -0.1) is 0 Å². The summed E-state index contributed by atoms with van der Waals surface area (Å²) in [6.07, 6.45) is 1.41. The van der Waals surface area contributed by atoms with E-state index in [9.17, 15) is 9.59 Å². The third-order valence-electron chi connectivity index (χ3n) is 2.75. The van der Waals surface area contributed by atoms with Crippen LogP contribution in [0.15, 0.2) is 41.3 Å². The molecule has 1 aromatic heterocycles. The van der Waals surface area contributed by atoms with Gasteiger partial charge in [0.1, 0.15) is 6.61 Å². The molecule has 0 unspecified atom stereocenters. The van der Waals surface area contributed by atoms with E-state index in [0.29, 0.717) is 26.1 Å². The van der Waals surface area contributed by atoms with Gasteiger partial charge in [-0.2, -0.15) is 0 Å². The summed E-state index contributed by atoms with van der Waals surface area (Å²) in [5, 5.41) is 0.386. The average molecular weight is 404 g/mol. The van der Waals surface area contributed by atoms with Crippen molar-refractivity contribution in [1.82, 2.24) is 4.98 Å². The molecule has 0 atom stereocenters. The quantitative estimate of drug-likeness (QED) is 0.484. The Morgan fingerprint density at radius 2 is 1.95 bits per heavy atom. The van der Waals surface area contributed by atoms with Gasteiger partial charge in [-0.3, -0.25) is 4.79 Å². The number of hydrogen-bond donors (Lipinski definition) is 1. The Morgan fingerprint density at radius 3 is 2.60 bits per heavy atom. The Balaban J connectivity index is 2.18. The number of H-pyrrole nitrogens is 1. The summed E-state index contributed by atoms with van der Waals surface area (Å²) in [4.78, 5) is 26.1. The normalized spacial score (nSPS) is 10.3. The molecule has 0 aliphatic carbocycles. The summed E-state index contributed by atoms with van der Waals surface area (Å²) in [6.45, 7) is -0.0190. The van der Waals surface area contributed by atoms with Crippen LogP contribution in [0.2, 0.25) is 5.02 Å². The van der Waals surface area contributed by atoms with Crippen molar-refractivity contribution >= 4 is 40.2 Å². The van der Waals surface area contributed by atoms with E-state index < -0.39 is 5.97 Å². The SMILES string of the molecule is O=C(OCc1c(Cl)c[nH]c(=O)c1CI)c1ccccc1. The highest BCUT2D eigenvalue weighted by molar-refractivity contribution is 14.1. The maximum Gasteiger partial charge on any atom is 0.338 e. The molecule has 0 aliphatic heterocycles. The number of aromatic amines is 1.